The Labute approximate surface area is 161 Å². The maximum Gasteiger partial charge on any atom is 0.421 e. The molecule has 0 unspecified atom stereocenters. The van der Waals surface area contributed by atoms with E-state index >= 15 is 0 Å². The molecule has 1 atom stereocenters. The van der Waals surface area contributed by atoms with Crippen molar-refractivity contribution in [2.45, 2.75) is 24.8 Å². The van der Waals surface area contributed by atoms with Gasteiger partial charge in [-0.3, -0.25) is 15.0 Å². The monoisotopic (exact) mass is 383 g/mol. The van der Waals surface area contributed by atoms with Crippen molar-refractivity contribution in [3.05, 3.63) is 59.7 Å². The van der Waals surface area contributed by atoms with Crippen molar-refractivity contribution in [1.82, 2.24) is 10.9 Å². The molecule has 2 aromatic carbocycles. The van der Waals surface area contributed by atoms with Gasteiger partial charge in [0.05, 0.1) is 0 Å². The van der Waals surface area contributed by atoms with E-state index in [9.17, 15) is 14.4 Å². The lowest BCUT2D eigenvalue weighted by molar-refractivity contribution is -0.140. The van der Waals surface area contributed by atoms with Crippen LogP contribution in [0.5, 0.6) is 0 Å². The third-order valence-electron chi connectivity index (χ3n) is 4.67. The number of carboxylic acid groups (broad SMARTS) is 1. The summed E-state index contributed by atoms with van der Waals surface area (Å²) in [6.07, 6.45) is -0.961. The van der Waals surface area contributed by atoms with E-state index in [-0.39, 0.29) is 25.4 Å². The van der Waals surface area contributed by atoms with E-state index in [0.717, 1.165) is 22.3 Å². The highest BCUT2D eigenvalue weighted by Crippen LogP contribution is 2.44. The molecule has 0 aromatic heterocycles. The lowest BCUT2D eigenvalue weighted by Crippen LogP contribution is -2.48. The van der Waals surface area contributed by atoms with Crippen molar-refractivity contribution >= 4 is 18.0 Å². The second kappa shape index (κ2) is 8.53. The maximum atomic E-state index is 12.0. The number of aliphatic carboxylic acids is 1. The fraction of sp³-hybridized carbons (Fsp3) is 0.250. The highest BCUT2D eigenvalue weighted by atomic mass is 16.6. The van der Waals surface area contributed by atoms with Crippen LogP contribution in [0.3, 0.4) is 0 Å². The molecule has 0 fully saturated rings. The minimum atomic E-state index is -1.21. The van der Waals surface area contributed by atoms with Crippen molar-refractivity contribution in [2.24, 2.45) is 5.73 Å². The molecule has 0 saturated carbocycles. The number of nitrogens with one attached hydrogen (secondary N) is 2. The molecular weight excluding hydrogens is 362 g/mol. The Kier molecular flexibility index (Phi) is 5.90. The minimum Gasteiger partial charge on any atom is -0.480 e. The van der Waals surface area contributed by atoms with Crippen LogP contribution in [0.1, 0.15) is 29.9 Å². The van der Waals surface area contributed by atoms with Crippen LogP contribution < -0.4 is 16.6 Å². The second-order valence-electron chi connectivity index (χ2n) is 6.49. The molecular formula is C20H21N3O5. The Morgan fingerprint density at radius 2 is 1.61 bits per heavy atom. The van der Waals surface area contributed by atoms with Gasteiger partial charge >= 0.3 is 12.1 Å². The fourth-order valence-corrected chi connectivity index (χ4v) is 3.32. The summed E-state index contributed by atoms with van der Waals surface area (Å²) in [5, 5.41) is 9.11. The van der Waals surface area contributed by atoms with Gasteiger partial charge in [0.2, 0.25) is 5.91 Å². The lowest BCUT2D eigenvalue weighted by atomic mass is 9.98. The van der Waals surface area contributed by atoms with Crippen LogP contribution in [-0.4, -0.2) is 35.7 Å². The molecule has 146 valence electrons. The summed E-state index contributed by atoms with van der Waals surface area (Å²) < 4.78 is 5.30. The number of carbonyl (C=O) groups is 3. The second-order valence-corrected chi connectivity index (χ2v) is 6.49. The zero-order chi connectivity index (χ0) is 20.1. The van der Waals surface area contributed by atoms with Gasteiger partial charge in [0.15, 0.2) is 0 Å². The van der Waals surface area contributed by atoms with Gasteiger partial charge in [-0.2, -0.15) is 0 Å². The first-order valence-corrected chi connectivity index (χ1v) is 8.85. The number of hydrazine groups is 1. The molecule has 5 N–H and O–H groups in total. The molecule has 0 radical (unpaired) electrons. The first kappa shape index (κ1) is 19.4. The number of hydrogen-bond donors (Lipinski definition) is 4. The molecule has 0 spiro atoms. The van der Waals surface area contributed by atoms with Crippen LogP contribution in [-0.2, 0) is 14.3 Å². The van der Waals surface area contributed by atoms with Gasteiger partial charge in [-0.05, 0) is 28.7 Å². The molecule has 8 heteroatoms. The molecule has 1 aliphatic rings. The number of rotatable bonds is 8. The summed E-state index contributed by atoms with van der Waals surface area (Å²) in [6, 6.07) is 14.7. The zero-order valence-electron chi connectivity index (χ0n) is 15.1. The number of carbonyl (C=O) groups excluding carboxylic acids is 2. The molecule has 1 aliphatic carbocycles. The molecule has 0 aliphatic heterocycles. The average Bonchev–Trinajstić information content (AvgIpc) is 3.00. The predicted molar refractivity (Wildman–Crippen MR) is 101 cm³/mol. The molecule has 2 amide bonds. The number of carboxylic acids is 1. The van der Waals surface area contributed by atoms with Crippen LogP contribution in [0.15, 0.2) is 48.5 Å². The van der Waals surface area contributed by atoms with Crippen molar-refractivity contribution in [1.29, 1.82) is 0 Å². The maximum absolute atomic E-state index is 12.0. The van der Waals surface area contributed by atoms with Gasteiger partial charge in [-0.25, -0.2) is 10.2 Å². The standard InChI is InChI=1S/C20H21N3O5/c21-18(24)10-9-17(19(25)26)22-23-20(27)28-11-16-14-7-3-1-5-12(14)13-6-2-4-8-15(13)16/h1-8,16-17,22H,9-11H2,(H2,21,24)(H,23,27)(H,25,26)/t17-/m0/s1. The normalized spacial score (nSPS) is 13.3. The van der Waals surface area contributed by atoms with Crippen LogP contribution >= 0.6 is 0 Å². The topological polar surface area (TPSA) is 131 Å². The van der Waals surface area contributed by atoms with Gasteiger partial charge in [0, 0.05) is 12.3 Å². The number of fused-ring (bicyclic) bond motifs is 3. The quantitative estimate of drug-likeness (QED) is 0.514. The molecule has 2 aromatic rings. The van der Waals surface area contributed by atoms with Gasteiger partial charge in [0.1, 0.15) is 12.6 Å². The van der Waals surface area contributed by atoms with E-state index in [0.29, 0.717) is 0 Å². The number of ether oxygens (including phenoxy) is 1. The number of primary amides is 1. The predicted octanol–water partition coefficient (Wildman–Crippen LogP) is 1.75. The van der Waals surface area contributed by atoms with E-state index in [2.05, 4.69) is 10.9 Å². The number of nitrogens with two attached hydrogens (primary N) is 1. The molecule has 0 saturated heterocycles. The molecule has 0 bridgehead atoms. The molecule has 3 rings (SSSR count). The van der Waals surface area contributed by atoms with Gasteiger partial charge < -0.3 is 15.6 Å². The molecule has 0 heterocycles. The highest BCUT2D eigenvalue weighted by molar-refractivity contribution is 5.79. The molecule has 28 heavy (non-hydrogen) atoms. The van der Waals surface area contributed by atoms with Gasteiger partial charge in [-0.1, -0.05) is 48.5 Å². The van der Waals surface area contributed by atoms with Crippen molar-refractivity contribution in [2.75, 3.05) is 6.61 Å². The minimum absolute atomic E-state index is 0.0473. The lowest BCUT2D eigenvalue weighted by Gasteiger charge is -2.17. The summed E-state index contributed by atoms with van der Waals surface area (Å²) in [4.78, 5) is 34.0. The van der Waals surface area contributed by atoms with E-state index < -0.39 is 24.0 Å². The Morgan fingerprint density at radius 3 is 2.14 bits per heavy atom. The first-order chi connectivity index (χ1) is 13.5. The molecule has 8 nitrogen and oxygen atoms in total. The number of hydrogen-bond acceptors (Lipinski definition) is 5. The van der Waals surface area contributed by atoms with Gasteiger partial charge in [-0.15, -0.1) is 0 Å². The Balaban J connectivity index is 1.59. The van der Waals surface area contributed by atoms with Crippen LogP contribution in [0.4, 0.5) is 4.79 Å². The summed E-state index contributed by atoms with van der Waals surface area (Å²) in [5.74, 6) is -1.92. The summed E-state index contributed by atoms with van der Waals surface area (Å²) in [7, 11) is 0. The van der Waals surface area contributed by atoms with Crippen molar-refractivity contribution in [3.63, 3.8) is 0 Å². The third kappa shape index (κ3) is 4.29. The van der Waals surface area contributed by atoms with E-state index in [1.54, 1.807) is 0 Å². The van der Waals surface area contributed by atoms with Crippen molar-refractivity contribution < 1.29 is 24.2 Å². The van der Waals surface area contributed by atoms with Crippen LogP contribution in [0.25, 0.3) is 11.1 Å². The fourth-order valence-electron chi connectivity index (χ4n) is 3.32. The van der Waals surface area contributed by atoms with E-state index in [1.807, 2.05) is 48.5 Å². The van der Waals surface area contributed by atoms with Crippen LogP contribution in [0, 0.1) is 0 Å². The third-order valence-corrected chi connectivity index (χ3v) is 4.67. The smallest absolute Gasteiger partial charge is 0.421 e. The van der Waals surface area contributed by atoms with E-state index in [1.165, 1.54) is 0 Å². The Hall–Kier alpha value is -3.39. The SMILES string of the molecule is NC(=O)CC[C@H](NNC(=O)OCC1c2ccccc2-c2ccccc21)C(=O)O. The first-order valence-electron chi connectivity index (χ1n) is 8.85. The summed E-state index contributed by atoms with van der Waals surface area (Å²) in [6.45, 7) is 0.112. The highest BCUT2D eigenvalue weighted by Gasteiger charge is 2.29. The largest absolute Gasteiger partial charge is 0.480 e. The zero-order valence-corrected chi connectivity index (χ0v) is 15.1. The Morgan fingerprint density at radius 1 is 1.04 bits per heavy atom. The average molecular weight is 383 g/mol. The van der Waals surface area contributed by atoms with Gasteiger partial charge in [0.25, 0.3) is 0 Å². The van der Waals surface area contributed by atoms with Crippen molar-refractivity contribution in [3.8, 4) is 11.1 Å². The van der Waals surface area contributed by atoms with Crippen LogP contribution in [0.2, 0.25) is 0 Å². The Bertz CT molecular complexity index is 853. The number of amides is 2. The van der Waals surface area contributed by atoms with E-state index in [4.69, 9.17) is 15.6 Å². The summed E-state index contributed by atoms with van der Waals surface area (Å²) >= 11 is 0. The summed E-state index contributed by atoms with van der Waals surface area (Å²) in [5.41, 5.74) is 14.0. The number of benzene rings is 2.